The summed E-state index contributed by atoms with van der Waals surface area (Å²) in [6.07, 6.45) is 8.83. The van der Waals surface area contributed by atoms with Gasteiger partial charge in [0.2, 0.25) is 0 Å². The summed E-state index contributed by atoms with van der Waals surface area (Å²) in [4.78, 5) is 25.2. The average Bonchev–Trinajstić information content (AvgIpc) is 3.23. The molecular formula is C18H16N6O2S. The van der Waals surface area contributed by atoms with Crippen molar-refractivity contribution in [3.05, 3.63) is 46.4 Å². The first-order valence-corrected chi connectivity index (χ1v) is 9.41. The fourth-order valence-corrected chi connectivity index (χ4v) is 4.60. The molecule has 1 aliphatic rings. The van der Waals surface area contributed by atoms with E-state index in [0.717, 1.165) is 28.7 Å². The van der Waals surface area contributed by atoms with E-state index in [4.69, 9.17) is 4.63 Å². The summed E-state index contributed by atoms with van der Waals surface area (Å²) >= 11 is 1.38. The Kier molecular flexibility index (Phi) is 3.57. The van der Waals surface area contributed by atoms with Gasteiger partial charge in [0.1, 0.15) is 20.9 Å². The molecule has 0 bridgehead atoms. The first kappa shape index (κ1) is 16.1. The van der Waals surface area contributed by atoms with Crippen LogP contribution >= 0.6 is 11.3 Å². The predicted octanol–water partition coefficient (Wildman–Crippen LogP) is 2.85. The number of pyridine rings is 1. The quantitative estimate of drug-likeness (QED) is 0.528. The lowest BCUT2D eigenvalue weighted by molar-refractivity contribution is 0.297. The van der Waals surface area contributed by atoms with Crippen molar-refractivity contribution in [1.82, 2.24) is 24.8 Å². The summed E-state index contributed by atoms with van der Waals surface area (Å²) in [6.45, 7) is 0. The molecule has 4 heterocycles. The van der Waals surface area contributed by atoms with Crippen LogP contribution in [0.3, 0.4) is 0 Å². The minimum absolute atomic E-state index is 0.0893. The number of nitrogens with zero attached hydrogens (tertiary/aromatic N) is 6. The van der Waals surface area contributed by atoms with E-state index in [2.05, 4.69) is 20.3 Å². The molecule has 0 saturated carbocycles. The molecule has 0 aromatic carbocycles. The van der Waals surface area contributed by atoms with E-state index in [1.165, 1.54) is 11.3 Å². The number of allylic oxidation sites excluding steroid dienone is 1. The molecule has 9 heteroatoms. The standard InChI is InChI=1S/C18H16N6O2S/c1-23(2)11-7-8-19-17-13(11)15-16(27-17)18(25)24(9-20-15)12-6-4-3-5-10-14(12)22-26-21-10/h3,5,7-9,12H,4,6H2,1-2H3. The van der Waals surface area contributed by atoms with Crippen molar-refractivity contribution in [2.45, 2.75) is 18.9 Å². The maximum absolute atomic E-state index is 13.3. The maximum Gasteiger partial charge on any atom is 0.272 e. The summed E-state index contributed by atoms with van der Waals surface area (Å²) in [7, 11) is 3.94. The van der Waals surface area contributed by atoms with Crippen molar-refractivity contribution < 1.29 is 4.63 Å². The highest BCUT2D eigenvalue weighted by Gasteiger charge is 2.26. The van der Waals surface area contributed by atoms with E-state index in [-0.39, 0.29) is 11.6 Å². The number of hydrogen-bond donors (Lipinski definition) is 0. The summed E-state index contributed by atoms with van der Waals surface area (Å²) in [5, 5.41) is 8.88. The number of aromatic nitrogens is 5. The summed E-state index contributed by atoms with van der Waals surface area (Å²) in [5.74, 6) is 0. The topological polar surface area (TPSA) is 89.9 Å². The van der Waals surface area contributed by atoms with Gasteiger partial charge in [-0.2, -0.15) is 0 Å². The van der Waals surface area contributed by atoms with Crippen LogP contribution in [-0.2, 0) is 0 Å². The fraction of sp³-hybridized carbons (Fsp3) is 0.278. The van der Waals surface area contributed by atoms with Crippen LogP contribution in [0.2, 0.25) is 0 Å². The van der Waals surface area contributed by atoms with E-state index in [9.17, 15) is 4.79 Å². The lowest BCUT2D eigenvalue weighted by Gasteiger charge is -2.16. The van der Waals surface area contributed by atoms with Crippen LogP contribution in [0.15, 0.2) is 34.1 Å². The van der Waals surface area contributed by atoms with E-state index in [0.29, 0.717) is 21.6 Å². The number of anilines is 1. The monoisotopic (exact) mass is 380 g/mol. The fourth-order valence-electron chi connectivity index (χ4n) is 3.55. The Morgan fingerprint density at radius 1 is 1.30 bits per heavy atom. The highest BCUT2D eigenvalue weighted by atomic mass is 32.1. The van der Waals surface area contributed by atoms with E-state index in [1.54, 1.807) is 17.1 Å². The van der Waals surface area contributed by atoms with Gasteiger partial charge in [0.05, 0.1) is 29.0 Å². The van der Waals surface area contributed by atoms with E-state index >= 15 is 0 Å². The van der Waals surface area contributed by atoms with Gasteiger partial charge >= 0.3 is 0 Å². The highest BCUT2D eigenvalue weighted by molar-refractivity contribution is 7.25. The molecule has 0 saturated heterocycles. The van der Waals surface area contributed by atoms with E-state index in [1.807, 2.05) is 37.2 Å². The Balaban J connectivity index is 1.75. The van der Waals surface area contributed by atoms with Gasteiger partial charge in [-0.15, -0.1) is 11.3 Å². The molecule has 1 aliphatic carbocycles. The molecule has 8 nitrogen and oxygen atoms in total. The molecule has 4 aromatic rings. The molecule has 0 amide bonds. The van der Waals surface area contributed by atoms with Crippen LogP contribution in [0.1, 0.15) is 30.3 Å². The van der Waals surface area contributed by atoms with Gasteiger partial charge in [-0.25, -0.2) is 14.6 Å². The van der Waals surface area contributed by atoms with Crippen LogP contribution in [-0.4, -0.2) is 38.9 Å². The molecule has 0 radical (unpaired) electrons. The largest absolute Gasteiger partial charge is 0.377 e. The first-order chi connectivity index (χ1) is 13.1. The molecule has 1 atom stereocenters. The third kappa shape index (κ3) is 2.38. The molecule has 0 spiro atoms. The molecule has 4 aromatic heterocycles. The second-order valence-corrected chi connectivity index (χ2v) is 7.67. The van der Waals surface area contributed by atoms with Crippen molar-refractivity contribution in [1.29, 1.82) is 0 Å². The Morgan fingerprint density at radius 3 is 3.04 bits per heavy atom. The van der Waals surface area contributed by atoms with Gasteiger partial charge in [0.15, 0.2) is 0 Å². The Labute approximate surface area is 157 Å². The predicted molar refractivity (Wildman–Crippen MR) is 104 cm³/mol. The molecule has 136 valence electrons. The Morgan fingerprint density at radius 2 is 2.19 bits per heavy atom. The zero-order chi connectivity index (χ0) is 18.5. The molecule has 1 unspecified atom stereocenters. The molecule has 5 rings (SSSR count). The molecule has 27 heavy (non-hydrogen) atoms. The second-order valence-electron chi connectivity index (χ2n) is 6.67. The number of hydrogen-bond acceptors (Lipinski definition) is 8. The van der Waals surface area contributed by atoms with Crippen LogP contribution in [0.5, 0.6) is 0 Å². The summed E-state index contributed by atoms with van der Waals surface area (Å²) < 4.78 is 7.14. The Bertz CT molecular complexity index is 1250. The maximum atomic E-state index is 13.3. The van der Waals surface area contributed by atoms with Crippen molar-refractivity contribution in [2.75, 3.05) is 19.0 Å². The lowest BCUT2D eigenvalue weighted by Crippen LogP contribution is -2.26. The molecule has 0 N–H and O–H groups in total. The van der Waals surface area contributed by atoms with Crippen LogP contribution in [0.4, 0.5) is 5.69 Å². The SMILES string of the molecule is CN(C)c1ccnc2sc3c(=O)n(C4CCC=Cc5nonc54)cnc3c12. The minimum atomic E-state index is -0.253. The molecule has 0 aliphatic heterocycles. The van der Waals surface area contributed by atoms with E-state index < -0.39 is 0 Å². The third-order valence-corrected chi connectivity index (χ3v) is 5.92. The average molecular weight is 380 g/mol. The highest BCUT2D eigenvalue weighted by Crippen LogP contribution is 2.36. The number of thiophene rings is 1. The van der Waals surface area contributed by atoms with Crippen LogP contribution in [0.25, 0.3) is 26.5 Å². The summed E-state index contributed by atoms with van der Waals surface area (Å²) in [5.41, 5.74) is 2.93. The molecule has 0 fully saturated rings. The minimum Gasteiger partial charge on any atom is -0.377 e. The zero-order valence-corrected chi connectivity index (χ0v) is 15.6. The summed E-state index contributed by atoms with van der Waals surface area (Å²) in [6, 6.07) is 1.68. The van der Waals surface area contributed by atoms with Gasteiger partial charge in [-0.1, -0.05) is 16.4 Å². The van der Waals surface area contributed by atoms with Gasteiger partial charge < -0.3 is 4.90 Å². The van der Waals surface area contributed by atoms with Gasteiger partial charge in [-0.3, -0.25) is 9.36 Å². The first-order valence-electron chi connectivity index (χ1n) is 8.60. The lowest BCUT2D eigenvalue weighted by atomic mass is 10.1. The normalized spacial score (nSPS) is 16.6. The van der Waals surface area contributed by atoms with Gasteiger partial charge in [0, 0.05) is 20.3 Å². The number of rotatable bonds is 2. The smallest absolute Gasteiger partial charge is 0.272 e. The van der Waals surface area contributed by atoms with Crippen molar-refractivity contribution in [3.8, 4) is 0 Å². The van der Waals surface area contributed by atoms with Crippen molar-refractivity contribution >= 4 is 43.5 Å². The van der Waals surface area contributed by atoms with Crippen molar-refractivity contribution in [3.63, 3.8) is 0 Å². The van der Waals surface area contributed by atoms with Crippen molar-refractivity contribution in [2.24, 2.45) is 0 Å². The van der Waals surface area contributed by atoms with Crippen LogP contribution in [0, 0.1) is 0 Å². The second kappa shape index (κ2) is 5.98. The third-order valence-electron chi connectivity index (χ3n) is 4.84. The van der Waals surface area contributed by atoms with Gasteiger partial charge in [-0.05, 0) is 25.0 Å². The zero-order valence-electron chi connectivity index (χ0n) is 14.8. The van der Waals surface area contributed by atoms with Crippen LogP contribution < -0.4 is 10.5 Å². The Hall–Kier alpha value is -3.07. The molecular weight excluding hydrogens is 364 g/mol. The number of fused-ring (bicyclic) bond motifs is 4. The van der Waals surface area contributed by atoms with Gasteiger partial charge in [0.25, 0.3) is 5.56 Å².